The van der Waals surface area contributed by atoms with Crippen molar-refractivity contribution >= 4 is 69.6 Å². The maximum atomic E-state index is 5.62. The Hall–Kier alpha value is 1.74. The number of alkyl halides is 6. The van der Waals surface area contributed by atoms with Crippen LogP contribution in [0, 0.1) is 5.92 Å². The predicted octanol–water partition coefficient (Wildman–Crippen LogP) is 3.77. The van der Waals surface area contributed by atoms with Crippen LogP contribution in [0.2, 0.25) is 0 Å². The molecule has 1 fully saturated rings. The Labute approximate surface area is 88.6 Å². The van der Waals surface area contributed by atoms with Gasteiger partial charge in [0, 0.05) is 0 Å². The average molecular weight is 263 g/mol. The van der Waals surface area contributed by atoms with Crippen LogP contribution in [0.25, 0.3) is 0 Å². The largest absolute Gasteiger partial charge is 0.197 e. The van der Waals surface area contributed by atoms with Crippen LogP contribution in [0.5, 0.6) is 0 Å². The van der Waals surface area contributed by atoms with E-state index in [0.29, 0.717) is 0 Å². The molecule has 0 aliphatic heterocycles. The Morgan fingerprint density at radius 2 is 1.40 bits per heavy atom. The molecule has 0 nitrogen and oxygen atoms in total. The maximum Gasteiger partial charge on any atom is 0.197 e. The first-order chi connectivity index (χ1) is 4.28. The fourth-order valence-corrected chi connectivity index (χ4v) is 3.38. The van der Waals surface area contributed by atoms with Crippen molar-refractivity contribution in [2.75, 3.05) is 0 Å². The number of halogens is 6. The normalized spacial score (nSPS) is 37.8. The molecule has 0 aromatic rings. The molecule has 0 radical (unpaired) electrons. The zero-order valence-corrected chi connectivity index (χ0v) is 8.96. The highest BCUT2D eigenvalue weighted by Gasteiger charge is 2.70. The molecule has 1 rings (SSSR count). The molecule has 2 unspecified atom stereocenters. The second kappa shape index (κ2) is 2.61. The lowest BCUT2D eigenvalue weighted by Crippen LogP contribution is -2.10. The molecule has 0 amide bonds. The van der Waals surface area contributed by atoms with Gasteiger partial charge in [0.15, 0.2) is 3.79 Å². The summed E-state index contributed by atoms with van der Waals surface area (Å²) in [5.41, 5.74) is 0. The summed E-state index contributed by atoms with van der Waals surface area (Å²) >= 11 is 33.3. The Morgan fingerprint density at radius 3 is 1.40 bits per heavy atom. The Kier molecular flexibility index (Phi) is 2.57. The fraction of sp³-hybridized carbons (Fsp3) is 1.00. The van der Waals surface area contributed by atoms with E-state index in [0.717, 1.165) is 0 Å². The Bertz CT molecular complexity index is 136. The zero-order chi connectivity index (χ0) is 8.15. The molecule has 6 heteroatoms. The first-order valence-corrected chi connectivity index (χ1v) is 4.69. The SMILES string of the molecule is ClC1C(C(Cl)(Cl)Cl)C1(Cl)Cl. The van der Waals surface area contributed by atoms with Gasteiger partial charge in [-0.15, -0.1) is 11.6 Å². The Morgan fingerprint density at radius 1 is 1.10 bits per heavy atom. The fourth-order valence-electron chi connectivity index (χ4n) is 0.674. The van der Waals surface area contributed by atoms with Crippen LogP contribution < -0.4 is 0 Å². The highest BCUT2D eigenvalue weighted by Crippen LogP contribution is 2.65. The third kappa shape index (κ3) is 1.57. The van der Waals surface area contributed by atoms with Gasteiger partial charge in [0.1, 0.15) is 4.33 Å². The van der Waals surface area contributed by atoms with Crippen molar-refractivity contribution in [2.24, 2.45) is 5.92 Å². The highest BCUT2D eigenvalue weighted by molar-refractivity contribution is 6.70. The summed E-state index contributed by atoms with van der Waals surface area (Å²) in [5, 5.41) is -0.469. The van der Waals surface area contributed by atoms with Crippen molar-refractivity contribution in [1.29, 1.82) is 0 Å². The molecule has 1 saturated carbocycles. The van der Waals surface area contributed by atoms with Gasteiger partial charge >= 0.3 is 0 Å². The third-order valence-corrected chi connectivity index (χ3v) is 3.78. The molecule has 10 heavy (non-hydrogen) atoms. The van der Waals surface area contributed by atoms with Crippen molar-refractivity contribution in [3.63, 3.8) is 0 Å². The summed E-state index contributed by atoms with van der Waals surface area (Å²) in [6.07, 6.45) is 0. The standard InChI is InChI=1S/C4H2Cl6/c5-2-1(3(2,6)7)4(8,9)10/h1-2H. The van der Waals surface area contributed by atoms with E-state index in [9.17, 15) is 0 Å². The molecule has 0 heterocycles. The van der Waals surface area contributed by atoms with E-state index in [1.807, 2.05) is 0 Å². The van der Waals surface area contributed by atoms with Crippen LogP contribution in [0.15, 0.2) is 0 Å². The van der Waals surface area contributed by atoms with Crippen LogP contribution in [-0.4, -0.2) is 13.5 Å². The van der Waals surface area contributed by atoms with E-state index in [1.165, 1.54) is 0 Å². The van der Waals surface area contributed by atoms with Crippen LogP contribution in [0.4, 0.5) is 0 Å². The van der Waals surface area contributed by atoms with Gasteiger partial charge in [-0.05, 0) is 0 Å². The van der Waals surface area contributed by atoms with Gasteiger partial charge in [0.05, 0.1) is 11.3 Å². The monoisotopic (exact) mass is 260 g/mol. The minimum Gasteiger partial charge on any atom is -0.119 e. The first kappa shape index (κ1) is 9.83. The third-order valence-electron chi connectivity index (χ3n) is 1.32. The second-order valence-corrected chi connectivity index (χ2v) is 6.38. The van der Waals surface area contributed by atoms with Crippen LogP contribution >= 0.6 is 69.6 Å². The lowest BCUT2D eigenvalue weighted by molar-refractivity contribution is 0.862. The van der Waals surface area contributed by atoms with Gasteiger partial charge in [0.25, 0.3) is 0 Å². The zero-order valence-electron chi connectivity index (χ0n) is 4.42. The first-order valence-electron chi connectivity index (χ1n) is 2.36. The molecule has 0 aromatic carbocycles. The van der Waals surface area contributed by atoms with Gasteiger partial charge in [-0.1, -0.05) is 58.0 Å². The molecule has 0 saturated heterocycles. The minimum atomic E-state index is -1.46. The molecule has 60 valence electrons. The van der Waals surface area contributed by atoms with E-state index in [2.05, 4.69) is 0 Å². The molecule has 1 aliphatic rings. The summed E-state index contributed by atoms with van der Waals surface area (Å²) in [6.45, 7) is 0. The van der Waals surface area contributed by atoms with E-state index in [-0.39, 0.29) is 0 Å². The minimum absolute atomic E-state index is 0.469. The van der Waals surface area contributed by atoms with Gasteiger partial charge in [-0.2, -0.15) is 0 Å². The summed E-state index contributed by atoms with van der Waals surface area (Å²) in [4.78, 5) is 0. The van der Waals surface area contributed by atoms with Crippen molar-refractivity contribution in [3.05, 3.63) is 0 Å². The molecule has 0 N–H and O–H groups in total. The summed E-state index contributed by atoms with van der Waals surface area (Å²) in [6, 6.07) is 0. The number of hydrogen-bond acceptors (Lipinski definition) is 0. The van der Waals surface area contributed by atoms with Crippen molar-refractivity contribution in [1.82, 2.24) is 0 Å². The maximum absolute atomic E-state index is 5.62. The lowest BCUT2D eigenvalue weighted by atomic mass is 10.5. The van der Waals surface area contributed by atoms with Gasteiger partial charge < -0.3 is 0 Å². The molecule has 1 aliphatic carbocycles. The van der Waals surface area contributed by atoms with Crippen LogP contribution in [-0.2, 0) is 0 Å². The van der Waals surface area contributed by atoms with Crippen LogP contribution in [0.1, 0.15) is 0 Å². The lowest BCUT2D eigenvalue weighted by Gasteiger charge is -2.08. The molecule has 0 aromatic heterocycles. The smallest absolute Gasteiger partial charge is 0.119 e. The van der Waals surface area contributed by atoms with Crippen molar-refractivity contribution in [2.45, 2.75) is 13.5 Å². The highest BCUT2D eigenvalue weighted by atomic mass is 35.6. The van der Waals surface area contributed by atoms with E-state index in [4.69, 9.17) is 69.6 Å². The topological polar surface area (TPSA) is 0 Å². The van der Waals surface area contributed by atoms with Crippen molar-refractivity contribution in [3.8, 4) is 0 Å². The number of hydrogen-bond donors (Lipinski definition) is 0. The van der Waals surface area contributed by atoms with Crippen LogP contribution in [0.3, 0.4) is 0 Å². The molecular formula is C4H2Cl6. The summed E-state index contributed by atoms with van der Waals surface area (Å²) < 4.78 is -2.54. The average Bonchev–Trinajstić information content (AvgIpc) is 2.03. The van der Waals surface area contributed by atoms with Crippen molar-refractivity contribution < 1.29 is 0 Å². The molecule has 0 bridgehead atoms. The molecule has 0 spiro atoms. The summed E-state index contributed by atoms with van der Waals surface area (Å²) in [5.74, 6) is -0.477. The molecular weight excluding hydrogens is 261 g/mol. The van der Waals surface area contributed by atoms with Gasteiger partial charge in [-0.25, -0.2) is 0 Å². The quantitative estimate of drug-likeness (QED) is 0.583. The van der Waals surface area contributed by atoms with E-state index >= 15 is 0 Å². The predicted molar refractivity (Wildman–Crippen MR) is 47.9 cm³/mol. The number of rotatable bonds is 0. The second-order valence-electron chi connectivity index (χ2n) is 2.10. The van der Waals surface area contributed by atoms with Gasteiger partial charge in [-0.3, -0.25) is 0 Å². The van der Waals surface area contributed by atoms with Gasteiger partial charge in [0.2, 0.25) is 0 Å². The summed E-state index contributed by atoms with van der Waals surface area (Å²) in [7, 11) is 0. The Balaban J connectivity index is 2.66. The van der Waals surface area contributed by atoms with E-state index < -0.39 is 19.4 Å². The molecule has 2 atom stereocenters. The van der Waals surface area contributed by atoms with E-state index in [1.54, 1.807) is 0 Å².